The monoisotopic (exact) mass is 455 g/mol. The fourth-order valence-electron chi connectivity index (χ4n) is 4.68. The van der Waals surface area contributed by atoms with Crippen LogP contribution in [-0.4, -0.2) is 24.8 Å². The second-order valence-electron chi connectivity index (χ2n) is 8.34. The normalized spacial score (nSPS) is 17.9. The summed E-state index contributed by atoms with van der Waals surface area (Å²) in [6.45, 7) is 6.25. The van der Waals surface area contributed by atoms with Crippen LogP contribution in [0.15, 0.2) is 73.1 Å². The van der Waals surface area contributed by atoms with Gasteiger partial charge in [-0.25, -0.2) is 4.98 Å². The molecule has 2 atom stereocenters. The molecular weight excluding hydrogens is 430 g/mol. The van der Waals surface area contributed by atoms with Crippen LogP contribution in [0.4, 0.5) is 5.69 Å². The zero-order valence-electron chi connectivity index (χ0n) is 18.7. The van der Waals surface area contributed by atoms with Crippen molar-refractivity contribution in [1.29, 1.82) is 0 Å². The minimum Gasteiger partial charge on any atom is -0.506 e. The molecule has 0 aliphatic carbocycles. The molecule has 33 heavy (non-hydrogen) atoms. The number of hydrogen-bond donors (Lipinski definition) is 2. The Kier molecular flexibility index (Phi) is 5.34. The quantitative estimate of drug-likeness (QED) is 0.419. The van der Waals surface area contributed by atoms with Gasteiger partial charge in [0.2, 0.25) is 0 Å². The number of phenols is 1. The van der Waals surface area contributed by atoms with Crippen molar-refractivity contribution in [2.75, 3.05) is 4.90 Å². The molecule has 0 radical (unpaired) electrons. The van der Waals surface area contributed by atoms with Gasteiger partial charge in [0, 0.05) is 23.8 Å². The molecule has 4 aromatic rings. The summed E-state index contributed by atoms with van der Waals surface area (Å²) < 4.78 is 2.17. The van der Waals surface area contributed by atoms with Crippen LogP contribution in [0.2, 0.25) is 0 Å². The van der Waals surface area contributed by atoms with Crippen molar-refractivity contribution in [1.82, 2.24) is 19.9 Å². The van der Waals surface area contributed by atoms with E-state index in [2.05, 4.69) is 52.8 Å². The molecule has 0 unspecified atom stereocenters. The van der Waals surface area contributed by atoms with Crippen molar-refractivity contribution in [2.24, 2.45) is 0 Å². The van der Waals surface area contributed by atoms with Crippen LogP contribution in [-0.2, 0) is 0 Å². The van der Waals surface area contributed by atoms with Crippen molar-refractivity contribution in [3.8, 4) is 11.6 Å². The number of para-hydroxylation sites is 2. The highest BCUT2D eigenvalue weighted by Gasteiger charge is 2.43. The molecule has 3 aromatic heterocycles. The molecule has 6 nitrogen and oxygen atoms in total. The minimum atomic E-state index is -0.203. The highest BCUT2D eigenvalue weighted by Crippen LogP contribution is 2.45. The first-order chi connectivity index (χ1) is 16.0. The third-order valence-electron chi connectivity index (χ3n) is 6.16. The average molecular weight is 456 g/mol. The molecule has 4 heterocycles. The zero-order chi connectivity index (χ0) is 23.1. The van der Waals surface area contributed by atoms with E-state index >= 15 is 0 Å². The highest BCUT2D eigenvalue weighted by atomic mass is 32.1. The number of aromatic hydroxyl groups is 1. The SMILES string of the molecule is Cc1ccnc(-n2c(C)cc([C@@H]3[C@@H](c4ccccn4)NC(=S)N3c3ccccc3O)c2C)c1. The number of aryl methyl sites for hydroxylation is 2. The number of nitrogens with one attached hydrogen (secondary N) is 1. The maximum absolute atomic E-state index is 10.7. The molecule has 0 saturated carbocycles. The Bertz CT molecular complexity index is 1330. The van der Waals surface area contributed by atoms with Gasteiger partial charge in [-0.2, -0.15) is 0 Å². The summed E-state index contributed by atoms with van der Waals surface area (Å²) in [7, 11) is 0. The third kappa shape index (κ3) is 3.64. The Hall–Kier alpha value is -3.71. The summed E-state index contributed by atoms with van der Waals surface area (Å²) in [5.41, 5.74) is 5.96. The molecule has 1 aliphatic heterocycles. The molecule has 7 heteroatoms. The van der Waals surface area contributed by atoms with Crippen molar-refractivity contribution in [3.05, 3.63) is 101 Å². The predicted octanol–water partition coefficient (Wildman–Crippen LogP) is 5.08. The van der Waals surface area contributed by atoms with Gasteiger partial charge in [0.25, 0.3) is 0 Å². The summed E-state index contributed by atoms with van der Waals surface area (Å²) >= 11 is 5.79. The van der Waals surface area contributed by atoms with Gasteiger partial charge < -0.3 is 19.9 Å². The molecule has 1 saturated heterocycles. The summed E-state index contributed by atoms with van der Waals surface area (Å²) in [5, 5.41) is 14.7. The summed E-state index contributed by atoms with van der Waals surface area (Å²) in [6.07, 6.45) is 3.63. The van der Waals surface area contributed by atoms with Crippen LogP contribution >= 0.6 is 12.2 Å². The number of anilines is 1. The first kappa shape index (κ1) is 21.2. The smallest absolute Gasteiger partial charge is 0.174 e. The van der Waals surface area contributed by atoms with E-state index < -0.39 is 0 Å². The fourth-order valence-corrected chi connectivity index (χ4v) is 5.02. The summed E-state index contributed by atoms with van der Waals surface area (Å²) in [6, 6.07) is 19.0. The number of rotatable bonds is 4. The maximum Gasteiger partial charge on any atom is 0.174 e. The maximum atomic E-state index is 10.7. The van der Waals surface area contributed by atoms with Crippen LogP contribution in [0.25, 0.3) is 5.82 Å². The molecule has 1 aromatic carbocycles. The summed E-state index contributed by atoms with van der Waals surface area (Å²) in [4.78, 5) is 11.2. The van der Waals surface area contributed by atoms with Crippen molar-refractivity contribution >= 4 is 23.0 Å². The van der Waals surface area contributed by atoms with E-state index in [0.29, 0.717) is 10.8 Å². The Morgan fingerprint density at radius 3 is 2.45 bits per heavy atom. The van der Waals surface area contributed by atoms with E-state index in [9.17, 15) is 5.11 Å². The van der Waals surface area contributed by atoms with Crippen LogP contribution in [0.3, 0.4) is 0 Å². The van der Waals surface area contributed by atoms with Crippen molar-refractivity contribution in [2.45, 2.75) is 32.9 Å². The average Bonchev–Trinajstić information content (AvgIpc) is 3.30. The van der Waals surface area contributed by atoms with Crippen LogP contribution in [0, 0.1) is 20.8 Å². The topological polar surface area (TPSA) is 66.2 Å². The van der Waals surface area contributed by atoms with E-state index in [-0.39, 0.29) is 17.8 Å². The molecule has 0 bridgehead atoms. The highest BCUT2D eigenvalue weighted by molar-refractivity contribution is 7.80. The molecule has 5 rings (SSSR count). The number of benzene rings is 1. The van der Waals surface area contributed by atoms with Crippen LogP contribution < -0.4 is 10.2 Å². The lowest BCUT2D eigenvalue weighted by Gasteiger charge is -2.28. The third-order valence-corrected chi connectivity index (χ3v) is 6.47. The Morgan fingerprint density at radius 1 is 0.939 bits per heavy atom. The number of hydrogen-bond acceptors (Lipinski definition) is 4. The van der Waals surface area contributed by atoms with Gasteiger partial charge >= 0.3 is 0 Å². The van der Waals surface area contributed by atoms with Gasteiger partial charge in [0.05, 0.1) is 23.5 Å². The van der Waals surface area contributed by atoms with Gasteiger partial charge in [-0.15, -0.1) is 0 Å². The van der Waals surface area contributed by atoms with E-state index in [4.69, 9.17) is 12.2 Å². The number of nitrogens with zero attached hydrogens (tertiary/aromatic N) is 4. The first-order valence-electron chi connectivity index (χ1n) is 10.9. The van der Waals surface area contributed by atoms with E-state index in [1.165, 1.54) is 0 Å². The number of thiocarbonyl (C=S) groups is 1. The van der Waals surface area contributed by atoms with Crippen LogP contribution in [0.1, 0.15) is 40.3 Å². The molecule has 0 spiro atoms. The van der Waals surface area contributed by atoms with Crippen molar-refractivity contribution < 1.29 is 5.11 Å². The Balaban J connectivity index is 1.70. The van der Waals surface area contributed by atoms with Crippen molar-refractivity contribution in [3.63, 3.8) is 0 Å². The minimum absolute atomic E-state index is 0.183. The second-order valence-corrected chi connectivity index (χ2v) is 8.73. The standard InChI is InChI=1S/C26H25N5OS/c1-16-11-13-28-23(14-16)30-17(2)15-19(18(30)3)25-24(20-8-6-7-12-27-20)29-26(33)31(25)21-9-4-5-10-22(21)32/h4-15,24-25,32H,1-3H3,(H,29,33)/t24-,25-/m1/s1. The number of pyridine rings is 2. The molecule has 2 N–H and O–H groups in total. The molecule has 1 fully saturated rings. The van der Waals surface area contributed by atoms with E-state index in [0.717, 1.165) is 34.0 Å². The lowest BCUT2D eigenvalue weighted by molar-refractivity contribution is 0.472. The predicted molar refractivity (Wildman–Crippen MR) is 134 cm³/mol. The van der Waals surface area contributed by atoms with Crippen LogP contribution in [0.5, 0.6) is 5.75 Å². The largest absolute Gasteiger partial charge is 0.506 e. The fraction of sp³-hybridized carbons (Fsp3) is 0.192. The molecular formula is C26H25N5OS. The lowest BCUT2D eigenvalue weighted by atomic mass is 9.96. The second kappa shape index (κ2) is 8.33. The molecule has 1 aliphatic rings. The number of aromatic nitrogens is 3. The molecule has 0 amide bonds. The van der Waals surface area contributed by atoms with E-state index in [1.54, 1.807) is 12.3 Å². The molecule has 166 valence electrons. The van der Waals surface area contributed by atoms with Gasteiger partial charge in [0.15, 0.2) is 5.11 Å². The Morgan fingerprint density at radius 2 is 1.73 bits per heavy atom. The van der Waals surface area contributed by atoms with Gasteiger partial charge in [-0.05, 0) is 86.6 Å². The zero-order valence-corrected chi connectivity index (χ0v) is 19.5. The Labute approximate surface area is 198 Å². The van der Waals surface area contributed by atoms with Gasteiger partial charge in [0.1, 0.15) is 11.6 Å². The summed E-state index contributed by atoms with van der Waals surface area (Å²) in [5.74, 6) is 1.07. The van der Waals surface area contributed by atoms with Gasteiger partial charge in [-0.3, -0.25) is 4.98 Å². The van der Waals surface area contributed by atoms with Gasteiger partial charge in [-0.1, -0.05) is 18.2 Å². The number of phenolic OH excluding ortho intramolecular Hbond substituents is 1. The first-order valence-corrected chi connectivity index (χ1v) is 11.3. The van der Waals surface area contributed by atoms with E-state index in [1.807, 2.05) is 53.6 Å². The lowest BCUT2D eigenvalue weighted by Crippen LogP contribution is -2.29.